The highest BCUT2D eigenvalue weighted by Crippen LogP contribution is 2.40. The molecule has 2 aromatic rings. The average molecular weight is 540 g/mol. The summed E-state index contributed by atoms with van der Waals surface area (Å²) in [5, 5.41) is 5.35. The number of hydrogen-bond donors (Lipinski definition) is 1. The normalized spacial score (nSPS) is 12.0. The van der Waals surface area contributed by atoms with Gasteiger partial charge in [-0.25, -0.2) is 13.6 Å². The zero-order chi connectivity index (χ0) is 26.2. The topological polar surface area (TPSA) is 130 Å². The number of sulfonamides is 1. The van der Waals surface area contributed by atoms with E-state index in [2.05, 4.69) is 13.2 Å². The lowest BCUT2D eigenvalue weighted by molar-refractivity contribution is -0.162. The van der Waals surface area contributed by atoms with E-state index in [4.69, 9.17) is 37.8 Å². The quantitative estimate of drug-likeness (QED) is 0.186. The molecule has 0 aliphatic heterocycles. The van der Waals surface area contributed by atoms with Crippen molar-refractivity contribution in [2.45, 2.75) is 17.2 Å². The lowest BCUT2D eigenvalue weighted by Gasteiger charge is -2.26. The highest BCUT2D eigenvalue weighted by atomic mass is 35.5. The number of Topliss-reactive ketones (excluding diaryl/α,β-unsaturated/α-hetero) is 1. The minimum absolute atomic E-state index is 0.114. The Hall–Kier alpha value is -2.98. The Labute approximate surface area is 213 Å². The van der Waals surface area contributed by atoms with E-state index in [-0.39, 0.29) is 39.3 Å². The number of carbonyl (C=O) groups excluding carboxylic acids is 3. The third kappa shape index (κ3) is 7.50. The lowest BCUT2D eigenvalue weighted by Crippen LogP contribution is -2.35. The molecule has 2 rings (SSSR count). The third-order valence-electron chi connectivity index (χ3n) is 4.88. The summed E-state index contributed by atoms with van der Waals surface area (Å²) in [6, 6.07) is 9.47. The zero-order valence-corrected chi connectivity index (χ0v) is 20.8. The third-order valence-corrected chi connectivity index (χ3v) is 6.47. The van der Waals surface area contributed by atoms with Gasteiger partial charge >= 0.3 is 11.9 Å². The first-order valence-electron chi connectivity index (χ1n) is 10.2. The summed E-state index contributed by atoms with van der Waals surface area (Å²) in [6.07, 6.45) is 2.23. The molecule has 2 N–H and O–H groups in total. The van der Waals surface area contributed by atoms with Crippen molar-refractivity contribution in [3.05, 3.63) is 88.9 Å². The number of esters is 2. The van der Waals surface area contributed by atoms with Gasteiger partial charge in [0.05, 0.1) is 4.90 Å². The Morgan fingerprint density at radius 1 is 0.914 bits per heavy atom. The van der Waals surface area contributed by atoms with Crippen molar-refractivity contribution < 1.29 is 32.3 Å². The maximum Gasteiger partial charge on any atom is 0.321 e. The molecule has 186 valence electrons. The number of ketones is 1. The second-order valence-corrected chi connectivity index (χ2v) is 9.63. The Morgan fingerprint density at radius 2 is 1.40 bits per heavy atom. The van der Waals surface area contributed by atoms with Crippen LogP contribution >= 0.6 is 23.2 Å². The molecule has 1 atom stereocenters. The Morgan fingerprint density at radius 3 is 1.83 bits per heavy atom. The Balaban J connectivity index is 2.56. The molecule has 11 heteroatoms. The average Bonchev–Trinajstić information content (AvgIpc) is 2.80. The number of primary sulfonamides is 1. The molecule has 0 saturated carbocycles. The Kier molecular flexibility index (Phi) is 10.2. The van der Waals surface area contributed by atoms with Gasteiger partial charge in [0.15, 0.2) is 11.7 Å². The first-order valence-corrected chi connectivity index (χ1v) is 12.5. The molecule has 0 spiro atoms. The minimum atomic E-state index is -3.96. The van der Waals surface area contributed by atoms with Crippen LogP contribution in [0.25, 0.3) is 0 Å². The summed E-state index contributed by atoms with van der Waals surface area (Å²) in [6.45, 7) is 6.58. The van der Waals surface area contributed by atoms with Crippen LogP contribution in [0.3, 0.4) is 0 Å². The van der Waals surface area contributed by atoms with Gasteiger partial charge < -0.3 is 9.47 Å². The smallest absolute Gasteiger partial charge is 0.321 e. The van der Waals surface area contributed by atoms with Crippen LogP contribution in [0.4, 0.5) is 0 Å². The van der Waals surface area contributed by atoms with Crippen molar-refractivity contribution in [3.8, 4) is 0 Å². The van der Waals surface area contributed by atoms with E-state index in [0.29, 0.717) is 0 Å². The van der Waals surface area contributed by atoms with E-state index in [1.807, 2.05) is 0 Å². The highest BCUT2D eigenvalue weighted by molar-refractivity contribution is 7.89. The number of benzene rings is 2. The van der Waals surface area contributed by atoms with Gasteiger partial charge in [0.25, 0.3) is 0 Å². The molecule has 8 nitrogen and oxygen atoms in total. The second kappa shape index (κ2) is 12.6. The van der Waals surface area contributed by atoms with Gasteiger partial charge in [-0.1, -0.05) is 66.7 Å². The molecular formula is C24H23Cl2NO7S. The summed E-state index contributed by atoms with van der Waals surface area (Å²) in [5.41, 5.74) is 0.296. The fraction of sp³-hybridized carbons (Fsp3) is 0.208. The number of nitrogens with two attached hydrogens (primary N) is 1. The maximum absolute atomic E-state index is 13.2. The van der Waals surface area contributed by atoms with Crippen molar-refractivity contribution in [1.82, 2.24) is 0 Å². The monoisotopic (exact) mass is 539 g/mol. The second-order valence-electron chi connectivity index (χ2n) is 7.25. The van der Waals surface area contributed by atoms with Crippen LogP contribution in [-0.2, 0) is 29.1 Å². The van der Waals surface area contributed by atoms with Crippen molar-refractivity contribution >= 4 is 50.9 Å². The molecule has 0 saturated heterocycles. The number of ether oxygens (including phenoxy) is 2. The SMILES string of the molecule is C=CCOC(=O)C(C(=O)OCC=C)C(CC(=O)c1ccc(S(N)(=O)=O)cc1)c1c(Cl)cccc1Cl. The number of carbonyl (C=O) groups is 3. The van der Waals surface area contributed by atoms with Gasteiger partial charge in [-0.2, -0.15) is 0 Å². The van der Waals surface area contributed by atoms with Crippen molar-refractivity contribution in [3.63, 3.8) is 0 Å². The van der Waals surface area contributed by atoms with E-state index in [0.717, 1.165) is 0 Å². The molecule has 0 aliphatic carbocycles. The van der Waals surface area contributed by atoms with Crippen LogP contribution in [0.1, 0.15) is 28.3 Å². The van der Waals surface area contributed by atoms with Crippen LogP contribution in [0.2, 0.25) is 10.0 Å². The van der Waals surface area contributed by atoms with Gasteiger partial charge in [0, 0.05) is 27.9 Å². The van der Waals surface area contributed by atoms with Crippen molar-refractivity contribution in [2.24, 2.45) is 11.1 Å². The number of halogens is 2. The van der Waals surface area contributed by atoms with Crippen LogP contribution in [0.5, 0.6) is 0 Å². The predicted molar refractivity (Wildman–Crippen MR) is 132 cm³/mol. The van der Waals surface area contributed by atoms with Crippen molar-refractivity contribution in [1.29, 1.82) is 0 Å². The predicted octanol–water partition coefficient (Wildman–Crippen LogP) is 4.07. The molecule has 35 heavy (non-hydrogen) atoms. The van der Waals surface area contributed by atoms with E-state index >= 15 is 0 Å². The molecule has 2 aromatic carbocycles. The summed E-state index contributed by atoms with van der Waals surface area (Å²) in [5.74, 6) is -5.21. The molecule has 0 aliphatic rings. The maximum atomic E-state index is 13.2. The summed E-state index contributed by atoms with van der Waals surface area (Å²) >= 11 is 12.7. The summed E-state index contributed by atoms with van der Waals surface area (Å²) in [4.78, 5) is 38.9. The first kappa shape index (κ1) is 28.3. The van der Waals surface area contributed by atoms with Crippen LogP contribution < -0.4 is 5.14 Å². The van der Waals surface area contributed by atoms with Crippen LogP contribution in [0.15, 0.2) is 72.7 Å². The lowest BCUT2D eigenvalue weighted by atomic mass is 9.81. The van der Waals surface area contributed by atoms with Gasteiger partial charge in [0.1, 0.15) is 13.2 Å². The number of hydrogen-bond acceptors (Lipinski definition) is 7. The van der Waals surface area contributed by atoms with Gasteiger partial charge in [-0.05, 0) is 29.8 Å². The molecule has 0 heterocycles. The van der Waals surface area contributed by atoms with Crippen molar-refractivity contribution in [2.75, 3.05) is 13.2 Å². The standard InChI is InChI=1S/C24H23Cl2NO7S/c1-3-12-33-23(29)22(24(30)34-13-4-2)17(21-18(25)6-5-7-19(21)26)14-20(28)15-8-10-16(11-9-15)35(27,31)32/h3-11,17,22H,1-2,12-14H2,(H2,27,31,32). The minimum Gasteiger partial charge on any atom is -0.461 e. The highest BCUT2D eigenvalue weighted by Gasteiger charge is 2.41. The number of rotatable bonds is 12. The van der Waals surface area contributed by atoms with Crippen LogP contribution in [0, 0.1) is 5.92 Å². The first-order chi connectivity index (χ1) is 16.5. The van der Waals surface area contributed by atoms with E-state index in [1.165, 1.54) is 48.6 Å². The van der Waals surface area contributed by atoms with E-state index in [1.54, 1.807) is 6.07 Å². The van der Waals surface area contributed by atoms with E-state index in [9.17, 15) is 22.8 Å². The molecule has 0 aromatic heterocycles. The molecule has 0 amide bonds. The van der Waals surface area contributed by atoms with Gasteiger partial charge in [-0.15, -0.1) is 0 Å². The molecular weight excluding hydrogens is 517 g/mol. The van der Waals surface area contributed by atoms with Crippen LogP contribution in [-0.4, -0.2) is 39.4 Å². The van der Waals surface area contributed by atoms with Gasteiger partial charge in [-0.3, -0.25) is 14.4 Å². The Bertz CT molecular complexity index is 1180. The molecule has 0 radical (unpaired) electrons. The van der Waals surface area contributed by atoms with Gasteiger partial charge in [0.2, 0.25) is 10.0 Å². The zero-order valence-electron chi connectivity index (χ0n) is 18.5. The fourth-order valence-corrected chi connectivity index (χ4v) is 4.48. The fourth-order valence-electron chi connectivity index (χ4n) is 3.29. The molecule has 0 bridgehead atoms. The largest absolute Gasteiger partial charge is 0.461 e. The molecule has 0 fully saturated rings. The van der Waals surface area contributed by atoms with E-state index < -0.39 is 46.0 Å². The molecule has 1 unspecified atom stereocenters. The summed E-state index contributed by atoms with van der Waals surface area (Å²) in [7, 11) is -3.96. The summed E-state index contributed by atoms with van der Waals surface area (Å²) < 4.78 is 33.3.